The number of aromatic nitrogens is 2. The van der Waals surface area contributed by atoms with Crippen molar-refractivity contribution in [3.05, 3.63) is 18.0 Å². The Bertz CT molecular complexity index is 499. The molecule has 0 radical (unpaired) electrons. The van der Waals surface area contributed by atoms with Gasteiger partial charge < -0.3 is 9.64 Å². The van der Waals surface area contributed by atoms with Crippen LogP contribution in [-0.4, -0.2) is 46.3 Å². The summed E-state index contributed by atoms with van der Waals surface area (Å²) in [4.78, 5) is 24.4. The van der Waals surface area contributed by atoms with Crippen molar-refractivity contribution in [2.75, 3.05) is 19.7 Å². The van der Waals surface area contributed by atoms with Crippen LogP contribution in [0.15, 0.2) is 12.3 Å². The van der Waals surface area contributed by atoms with Crippen LogP contribution in [0.4, 0.5) is 13.2 Å². The quantitative estimate of drug-likeness (QED) is 0.743. The summed E-state index contributed by atoms with van der Waals surface area (Å²) in [5.74, 6) is -1.08. The maximum absolute atomic E-state index is 12.4. The van der Waals surface area contributed by atoms with Crippen LogP contribution in [0.1, 0.15) is 19.5 Å². The van der Waals surface area contributed by atoms with E-state index in [1.54, 1.807) is 13.8 Å². The highest BCUT2D eigenvalue weighted by Gasteiger charge is 2.33. The van der Waals surface area contributed by atoms with Gasteiger partial charge in [-0.3, -0.25) is 14.3 Å². The van der Waals surface area contributed by atoms with Crippen molar-refractivity contribution in [3.8, 4) is 0 Å². The fourth-order valence-corrected chi connectivity index (χ4v) is 1.58. The predicted molar refractivity (Wildman–Crippen MR) is 66.1 cm³/mol. The number of rotatable bonds is 6. The monoisotopic (exact) mass is 307 g/mol. The molecule has 9 heteroatoms. The van der Waals surface area contributed by atoms with Gasteiger partial charge in [-0.2, -0.15) is 18.3 Å². The number of halogens is 3. The molecule has 0 bridgehead atoms. The van der Waals surface area contributed by atoms with Crippen LogP contribution in [0.5, 0.6) is 0 Å². The molecular formula is C12H16F3N3O3. The molecule has 0 spiro atoms. The Labute approximate surface area is 119 Å². The molecule has 0 atom stereocenters. The molecule has 1 aromatic heterocycles. The zero-order valence-corrected chi connectivity index (χ0v) is 11.7. The molecule has 118 valence electrons. The van der Waals surface area contributed by atoms with Gasteiger partial charge in [-0.1, -0.05) is 0 Å². The van der Waals surface area contributed by atoms with Crippen molar-refractivity contribution >= 4 is 11.9 Å². The van der Waals surface area contributed by atoms with Gasteiger partial charge in [-0.15, -0.1) is 0 Å². The lowest BCUT2D eigenvalue weighted by atomic mass is 10.4. The van der Waals surface area contributed by atoms with Gasteiger partial charge in [0.05, 0.1) is 6.61 Å². The molecule has 6 nitrogen and oxygen atoms in total. The Morgan fingerprint density at radius 1 is 1.38 bits per heavy atom. The van der Waals surface area contributed by atoms with Crippen LogP contribution in [0.2, 0.25) is 0 Å². The molecule has 0 N–H and O–H groups in total. The molecule has 1 rings (SSSR count). The summed E-state index contributed by atoms with van der Waals surface area (Å²) in [6.45, 7) is 3.11. The van der Waals surface area contributed by atoms with Crippen LogP contribution in [0, 0.1) is 0 Å². The molecular weight excluding hydrogens is 291 g/mol. The van der Waals surface area contributed by atoms with Gasteiger partial charge >= 0.3 is 12.1 Å². The van der Waals surface area contributed by atoms with Crippen LogP contribution >= 0.6 is 0 Å². The average molecular weight is 307 g/mol. The minimum absolute atomic E-state index is 0.193. The smallest absolute Gasteiger partial charge is 0.435 e. The van der Waals surface area contributed by atoms with E-state index in [9.17, 15) is 22.8 Å². The van der Waals surface area contributed by atoms with Crippen molar-refractivity contribution in [1.29, 1.82) is 0 Å². The average Bonchev–Trinajstić information content (AvgIpc) is 2.84. The number of carbonyl (C=O) groups is 2. The summed E-state index contributed by atoms with van der Waals surface area (Å²) < 4.78 is 42.8. The molecule has 0 saturated heterocycles. The predicted octanol–water partition coefficient (Wildman–Crippen LogP) is 1.31. The molecule has 1 amide bonds. The van der Waals surface area contributed by atoms with Gasteiger partial charge in [-0.25, -0.2) is 0 Å². The van der Waals surface area contributed by atoms with E-state index in [4.69, 9.17) is 4.74 Å². The largest absolute Gasteiger partial charge is 0.465 e. The summed E-state index contributed by atoms with van der Waals surface area (Å²) in [6, 6.07) is 0.787. The first-order valence-electron chi connectivity index (χ1n) is 6.32. The van der Waals surface area contributed by atoms with Crippen molar-refractivity contribution in [2.24, 2.45) is 0 Å². The number of esters is 1. The number of nitrogens with zero attached hydrogens (tertiary/aromatic N) is 3. The number of likely N-dealkylation sites (N-methyl/N-ethyl adjacent to an activating group) is 1. The molecule has 21 heavy (non-hydrogen) atoms. The second kappa shape index (κ2) is 7.09. The van der Waals surface area contributed by atoms with Gasteiger partial charge in [0.1, 0.15) is 13.1 Å². The first-order chi connectivity index (χ1) is 9.77. The molecule has 0 aliphatic carbocycles. The summed E-state index contributed by atoms with van der Waals surface area (Å²) >= 11 is 0. The van der Waals surface area contributed by atoms with Crippen molar-refractivity contribution in [1.82, 2.24) is 14.7 Å². The highest BCUT2D eigenvalue weighted by molar-refractivity contribution is 5.81. The summed E-state index contributed by atoms with van der Waals surface area (Å²) in [6.07, 6.45) is -3.48. The second-order valence-electron chi connectivity index (χ2n) is 4.11. The van der Waals surface area contributed by atoms with Crippen LogP contribution in [0.3, 0.4) is 0 Å². The minimum Gasteiger partial charge on any atom is -0.465 e. The van der Waals surface area contributed by atoms with Crippen molar-refractivity contribution in [2.45, 2.75) is 26.6 Å². The Morgan fingerprint density at radius 2 is 2.05 bits per heavy atom. The Hall–Kier alpha value is -2.06. The number of hydrogen-bond donors (Lipinski definition) is 0. The summed E-state index contributed by atoms with van der Waals surface area (Å²) in [5, 5.41) is 3.28. The van der Waals surface area contributed by atoms with Gasteiger partial charge in [0.2, 0.25) is 5.91 Å². The first-order valence-corrected chi connectivity index (χ1v) is 6.32. The second-order valence-corrected chi connectivity index (χ2v) is 4.11. The number of alkyl halides is 3. The Kier molecular flexibility index (Phi) is 5.74. The topological polar surface area (TPSA) is 64.4 Å². The van der Waals surface area contributed by atoms with Gasteiger partial charge in [0.25, 0.3) is 0 Å². The lowest BCUT2D eigenvalue weighted by molar-refractivity contribution is -0.149. The molecule has 0 saturated carbocycles. The fraction of sp³-hybridized carbons (Fsp3) is 0.583. The number of hydrogen-bond acceptors (Lipinski definition) is 4. The third kappa shape index (κ3) is 5.09. The van der Waals surface area contributed by atoms with E-state index < -0.39 is 23.7 Å². The molecule has 0 aliphatic heterocycles. The molecule has 0 aromatic carbocycles. The summed E-state index contributed by atoms with van der Waals surface area (Å²) in [7, 11) is 0. The van der Waals surface area contributed by atoms with Gasteiger partial charge in [-0.05, 0) is 19.9 Å². The molecule has 0 aliphatic rings. The minimum atomic E-state index is -4.55. The maximum atomic E-state index is 12.4. The van der Waals surface area contributed by atoms with Gasteiger partial charge in [0.15, 0.2) is 5.69 Å². The Balaban J connectivity index is 2.66. The van der Waals surface area contributed by atoms with Crippen LogP contribution < -0.4 is 0 Å². The fourth-order valence-electron chi connectivity index (χ4n) is 1.58. The van der Waals surface area contributed by atoms with Crippen LogP contribution in [0.25, 0.3) is 0 Å². The van der Waals surface area contributed by atoms with E-state index in [0.29, 0.717) is 0 Å². The third-order valence-electron chi connectivity index (χ3n) is 2.59. The van der Waals surface area contributed by atoms with Gasteiger partial charge in [0, 0.05) is 12.7 Å². The van der Waals surface area contributed by atoms with Crippen LogP contribution in [-0.2, 0) is 27.0 Å². The zero-order valence-electron chi connectivity index (χ0n) is 11.7. The lowest BCUT2D eigenvalue weighted by Crippen LogP contribution is -2.38. The highest BCUT2D eigenvalue weighted by atomic mass is 19.4. The number of amides is 1. The maximum Gasteiger partial charge on any atom is 0.435 e. The van der Waals surface area contributed by atoms with E-state index in [1.165, 1.54) is 4.90 Å². The Morgan fingerprint density at radius 3 is 2.52 bits per heavy atom. The SMILES string of the molecule is CCOC(=O)CN(CC)C(=O)Cn1ccc(C(F)(F)F)n1. The summed E-state index contributed by atoms with van der Waals surface area (Å²) in [5.41, 5.74) is -1.07. The van der Waals surface area contributed by atoms with E-state index in [2.05, 4.69) is 5.10 Å². The third-order valence-corrected chi connectivity index (χ3v) is 2.59. The van der Waals surface area contributed by atoms with E-state index in [1.807, 2.05) is 0 Å². The standard InChI is InChI=1S/C12H16F3N3O3/c1-3-17(8-11(20)21-4-2)10(19)7-18-6-5-9(16-18)12(13,14)15/h5-6H,3-4,7-8H2,1-2H3. The van der Waals surface area contributed by atoms with Crippen molar-refractivity contribution < 1.29 is 27.5 Å². The molecule has 0 unspecified atom stereocenters. The molecule has 0 fully saturated rings. The normalized spacial score (nSPS) is 11.3. The lowest BCUT2D eigenvalue weighted by Gasteiger charge is -2.19. The molecule has 1 aromatic rings. The van der Waals surface area contributed by atoms with Crippen molar-refractivity contribution in [3.63, 3.8) is 0 Å². The van der Waals surface area contributed by atoms with E-state index in [0.717, 1.165) is 16.9 Å². The highest BCUT2D eigenvalue weighted by Crippen LogP contribution is 2.27. The molecule has 1 heterocycles. The first kappa shape index (κ1) is 17.0. The number of ether oxygens (including phenoxy) is 1. The van der Waals surface area contributed by atoms with E-state index >= 15 is 0 Å². The number of carbonyl (C=O) groups excluding carboxylic acids is 2. The zero-order chi connectivity index (χ0) is 16.0. The van der Waals surface area contributed by atoms with E-state index in [-0.39, 0.29) is 26.2 Å².